The third-order valence-corrected chi connectivity index (χ3v) is 4.10. The van der Waals surface area contributed by atoms with Crippen molar-refractivity contribution in [2.75, 3.05) is 19.5 Å². The Morgan fingerprint density at radius 2 is 1.56 bits per heavy atom. The van der Waals surface area contributed by atoms with E-state index in [2.05, 4.69) is 5.32 Å². The Kier molecular flexibility index (Phi) is 5.90. The molecule has 0 aliphatic rings. The maximum atomic E-state index is 12.4. The van der Waals surface area contributed by atoms with Crippen molar-refractivity contribution in [2.24, 2.45) is 0 Å². The van der Waals surface area contributed by atoms with E-state index in [0.717, 1.165) is 22.4 Å². The highest BCUT2D eigenvalue weighted by Crippen LogP contribution is 2.29. The number of nitrogens with one attached hydrogen (secondary N) is 1. The first kappa shape index (κ1) is 18.3. The second-order valence-electron chi connectivity index (χ2n) is 5.85. The molecule has 0 fully saturated rings. The van der Waals surface area contributed by atoms with Crippen LogP contribution in [0.25, 0.3) is 17.2 Å². The van der Waals surface area contributed by atoms with E-state index in [9.17, 15) is 4.79 Å². The van der Waals surface area contributed by atoms with Crippen LogP contribution in [0.2, 0.25) is 0 Å². The van der Waals surface area contributed by atoms with Gasteiger partial charge in [0.05, 0.1) is 14.2 Å². The van der Waals surface area contributed by atoms with Crippen molar-refractivity contribution in [1.29, 1.82) is 0 Å². The molecule has 1 amide bonds. The van der Waals surface area contributed by atoms with Gasteiger partial charge >= 0.3 is 0 Å². The maximum absolute atomic E-state index is 12.4. The number of anilines is 1. The summed E-state index contributed by atoms with van der Waals surface area (Å²) in [5.74, 6) is 1.07. The standard InChI is InChI=1S/C23H21NO3/c1-26-21-14-12-17(16-22(21)27-2)13-15-23(25)24-20-11-7-6-10-19(20)18-8-4-3-5-9-18/h3-16H,1-2H3,(H,24,25). The minimum atomic E-state index is -0.201. The van der Waals surface area contributed by atoms with Gasteiger partial charge in [0.15, 0.2) is 11.5 Å². The van der Waals surface area contributed by atoms with E-state index < -0.39 is 0 Å². The van der Waals surface area contributed by atoms with Crippen molar-refractivity contribution in [3.63, 3.8) is 0 Å². The zero-order valence-electron chi connectivity index (χ0n) is 15.3. The van der Waals surface area contributed by atoms with Crippen LogP contribution in [0.4, 0.5) is 5.69 Å². The second kappa shape index (κ2) is 8.72. The van der Waals surface area contributed by atoms with Crippen LogP contribution in [0.3, 0.4) is 0 Å². The van der Waals surface area contributed by atoms with Crippen molar-refractivity contribution < 1.29 is 14.3 Å². The average molecular weight is 359 g/mol. The maximum Gasteiger partial charge on any atom is 0.248 e. The van der Waals surface area contributed by atoms with Crippen LogP contribution in [0.5, 0.6) is 11.5 Å². The first-order valence-corrected chi connectivity index (χ1v) is 8.57. The van der Waals surface area contributed by atoms with Crippen LogP contribution in [-0.4, -0.2) is 20.1 Å². The minimum Gasteiger partial charge on any atom is -0.493 e. The van der Waals surface area contributed by atoms with Crippen LogP contribution in [-0.2, 0) is 4.79 Å². The van der Waals surface area contributed by atoms with E-state index in [1.165, 1.54) is 6.08 Å². The van der Waals surface area contributed by atoms with Gasteiger partial charge in [-0.3, -0.25) is 4.79 Å². The molecule has 0 aromatic heterocycles. The van der Waals surface area contributed by atoms with Gasteiger partial charge in [0.2, 0.25) is 5.91 Å². The fourth-order valence-corrected chi connectivity index (χ4v) is 2.76. The van der Waals surface area contributed by atoms with E-state index >= 15 is 0 Å². The van der Waals surface area contributed by atoms with Crippen LogP contribution in [0.15, 0.2) is 78.9 Å². The number of hydrogen-bond acceptors (Lipinski definition) is 3. The summed E-state index contributed by atoms with van der Waals surface area (Å²) < 4.78 is 10.5. The summed E-state index contributed by atoms with van der Waals surface area (Å²) in [5.41, 5.74) is 3.65. The lowest BCUT2D eigenvalue weighted by Crippen LogP contribution is -2.08. The monoisotopic (exact) mass is 359 g/mol. The van der Waals surface area contributed by atoms with E-state index in [-0.39, 0.29) is 5.91 Å². The molecule has 136 valence electrons. The number of rotatable bonds is 6. The van der Waals surface area contributed by atoms with E-state index in [4.69, 9.17) is 9.47 Å². The summed E-state index contributed by atoms with van der Waals surface area (Å²) in [6.07, 6.45) is 3.24. The molecule has 1 N–H and O–H groups in total. The van der Waals surface area contributed by atoms with Crippen molar-refractivity contribution in [3.05, 3.63) is 84.4 Å². The largest absolute Gasteiger partial charge is 0.493 e. The van der Waals surface area contributed by atoms with Crippen molar-refractivity contribution in [2.45, 2.75) is 0 Å². The Morgan fingerprint density at radius 3 is 2.30 bits per heavy atom. The summed E-state index contributed by atoms with van der Waals surface area (Å²) in [7, 11) is 3.17. The van der Waals surface area contributed by atoms with Gasteiger partial charge in [-0.05, 0) is 35.4 Å². The number of amides is 1. The number of hydrogen-bond donors (Lipinski definition) is 1. The molecule has 3 aromatic carbocycles. The van der Waals surface area contributed by atoms with Crippen molar-refractivity contribution in [3.8, 4) is 22.6 Å². The highest BCUT2D eigenvalue weighted by atomic mass is 16.5. The van der Waals surface area contributed by atoms with Gasteiger partial charge in [-0.15, -0.1) is 0 Å². The fraction of sp³-hybridized carbons (Fsp3) is 0.0870. The van der Waals surface area contributed by atoms with Gasteiger partial charge in [0.1, 0.15) is 0 Å². The lowest BCUT2D eigenvalue weighted by molar-refractivity contribution is -0.111. The molecule has 0 bridgehead atoms. The second-order valence-corrected chi connectivity index (χ2v) is 5.85. The molecule has 3 rings (SSSR count). The molecule has 0 aliphatic heterocycles. The molecular formula is C23H21NO3. The minimum absolute atomic E-state index is 0.201. The van der Waals surface area contributed by atoms with Crippen LogP contribution < -0.4 is 14.8 Å². The molecule has 4 nitrogen and oxygen atoms in total. The number of methoxy groups -OCH3 is 2. The number of para-hydroxylation sites is 1. The third-order valence-electron chi connectivity index (χ3n) is 4.10. The molecule has 0 aliphatic carbocycles. The lowest BCUT2D eigenvalue weighted by Gasteiger charge is -2.10. The topological polar surface area (TPSA) is 47.6 Å². The van der Waals surface area contributed by atoms with E-state index in [0.29, 0.717) is 11.5 Å². The average Bonchev–Trinajstić information content (AvgIpc) is 2.73. The van der Waals surface area contributed by atoms with Gasteiger partial charge in [0.25, 0.3) is 0 Å². The molecule has 27 heavy (non-hydrogen) atoms. The van der Waals surface area contributed by atoms with E-state index in [1.807, 2.05) is 66.7 Å². The first-order valence-electron chi connectivity index (χ1n) is 8.57. The zero-order valence-corrected chi connectivity index (χ0v) is 15.3. The molecule has 0 saturated heterocycles. The van der Waals surface area contributed by atoms with E-state index in [1.54, 1.807) is 26.4 Å². The van der Waals surface area contributed by atoms with Crippen molar-refractivity contribution in [1.82, 2.24) is 0 Å². The predicted molar refractivity (Wildman–Crippen MR) is 109 cm³/mol. The van der Waals surface area contributed by atoms with Gasteiger partial charge in [-0.1, -0.05) is 54.6 Å². The van der Waals surface area contributed by atoms with Gasteiger partial charge < -0.3 is 14.8 Å². The van der Waals surface area contributed by atoms with Crippen LogP contribution >= 0.6 is 0 Å². The Morgan fingerprint density at radius 1 is 0.852 bits per heavy atom. The lowest BCUT2D eigenvalue weighted by atomic mass is 10.0. The highest BCUT2D eigenvalue weighted by molar-refractivity contribution is 6.04. The first-order chi connectivity index (χ1) is 13.2. The Balaban J connectivity index is 1.76. The fourth-order valence-electron chi connectivity index (χ4n) is 2.76. The molecular weight excluding hydrogens is 338 g/mol. The molecule has 3 aromatic rings. The molecule has 0 spiro atoms. The normalized spacial score (nSPS) is 10.6. The summed E-state index contributed by atoms with van der Waals surface area (Å²) in [4.78, 5) is 12.4. The smallest absolute Gasteiger partial charge is 0.248 e. The Bertz CT molecular complexity index is 949. The SMILES string of the molecule is COc1ccc(C=CC(=O)Nc2ccccc2-c2ccccc2)cc1OC. The van der Waals surface area contributed by atoms with Crippen LogP contribution in [0, 0.1) is 0 Å². The summed E-state index contributed by atoms with van der Waals surface area (Å²) in [5, 5.41) is 2.95. The molecule has 0 atom stereocenters. The number of carbonyl (C=O) groups is 1. The molecule has 0 unspecified atom stereocenters. The molecule has 0 radical (unpaired) electrons. The quantitative estimate of drug-likeness (QED) is 0.629. The number of carbonyl (C=O) groups excluding carboxylic acids is 1. The molecule has 0 heterocycles. The van der Waals surface area contributed by atoms with Gasteiger partial charge in [0, 0.05) is 17.3 Å². The summed E-state index contributed by atoms with van der Waals surface area (Å²) >= 11 is 0. The molecule has 4 heteroatoms. The Labute approximate surface area is 159 Å². The summed E-state index contributed by atoms with van der Waals surface area (Å²) in [6, 6.07) is 23.2. The summed E-state index contributed by atoms with van der Waals surface area (Å²) in [6.45, 7) is 0. The van der Waals surface area contributed by atoms with Crippen molar-refractivity contribution >= 4 is 17.7 Å². The number of benzene rings is 3. The van der Waals surface area contributed by atoms with Gasteiger partial charge in [-0.25, -0.2) is 0 Å². The molecule has 0 saturated carbocycles. The third kappa shape index (κ3) is 4.55. The van der Waals surface area contributed by atoms with Crippen LogP contribution in [0.1, 0.15) is 5.56 Å². The highest BCUT2D eigenvalue weighted by Gasteiger charge is 2.07. The Hall–Kier alpha value is -3.53. The predicted octanol–water partition coefficient (Wildman–Crippen LogP) is 5.02. The number of ether oxygens (including phenoxy) is 2. The van der Waals surface area contributed by atoms with Gasteiger partial charge in [-0.2, -0.15) is 0 Å². The zero-order chi connectivity index (χ0) is 19.1.